The summed E-state index contributed by atoms with van der Waals surface area (Å²) in [6.07, 6.45) is -6.84. The Kier molecular flexibility index (Phi) is 8.58. The van der Waals surface area contributed by atoms with Gasteiger partial charge in [0.05, 0.1) is 0 Å². The van der Waals surface area contributed by atoms with Crippen molar-refractivity contribution < 1.29 is 52.8 Å². The minimum Gasteiger partial charge on any atom is -0.479 e. The first-order valence-corrected chi connectivity index (χ1v) is 9.07. The van der Waals surface area contributed by atoms with E-state index in [4.69, 9.17) is 23.7 Å². The highest BCUT2D eigenvalue weighted by Gasteiger charge is 2.53. The van der Waals surface area contributed by atoms with Crippen LogP contribution in [0.3, 0.4) is 0 Å². The molecule has 12 heteroatoms. The number of alkyl carbamates (subject to hydrolysis) is 1. The number of amides is 1. The summed E-state index contributed by atoms with van der Waals surface area (Å²) in [4.78, 5) is 58.5. The Balaban J connectivity index is 3.32. The molecule has 2 N–H and O–H groups in total. The van der Waals surface area contributed by atoms with Crippen molar-refractivity contribution >= 4 is 30.0 Å². The molecule has 0 aliphatic carbocycles. The number of esters is 3. The number of carboxylic acids is 1. The summed E-state index contributed by atoms with van der Waals surface area (Å²) in [5, 5.41) is 11.9. The molecule has 170 valence electrons. The maximum absolute atomic E-state index is 12.3. The zero-order chi connectivity index (χ0) is 23.2. The van der Waals surface area contributed by atoms with E-state index in [0.29, 0.717) is 0 Å². The molecule has 0 unspecified atom stereocenters. The van der Waals surface area contributed by atoms with E-state index in [1.54, 1.807) is 20.8 Å². The van der Waals surface area contributed by atoms with Gasteiger partial charge in [0.1, 0.15) is 24.4 Å². The predicted octanol–water partition coefficient (Wildman–Crippen LogP) is 0.158. The summed E-state index contributed by atoms with van der Waals surface area (Å²) in [6.45, 7) is 7.56. The Morgan fingerprint density at radius 1 is 0.933 bits per heavy atom. The second-order valence-corrected chi connectivity index (χ2v) is 7.56. The molecule has 0 radical (unpaired) electrons. The monoisotopic (exact) mass is 433 g/mol. The summed E-state index contributed by atoms with van der Waals surface area (Å²) >= 11 is 0. The van der Waals surface area contributed by atoms with Gasteiger partial charge in [-0.1, -0.05) is 0 Å². The highest BCUT2D eigenvalue weighted by molar-refractivity contribution is 5.77. The van der Waals surface area contributed by atoms with Gasteiger partial charge in [-0.2, -0.15) is 0 Å². The minimum absolute atomic E-state index is 0.478. The third-order valence-electron chi connectivity index (χ3n) is 3.67. The van der Waals surface area contributed by atoms with Crippen LogP contribution < -0.4 is 5.32 Å². The van der Waals surface area contributed by atoms with Gasteiger partial charge >= 0.3 is 30.0 Å². The number of carbonyl (C=O) groups excluding carboxylic acids is 4. The molecule has 1 amide bonds. The molecule has 0 saturated carbocycles. The van der Waals surface area contributed by atoms with E-state index in [1.807, 2.05) is 0 Å². The number of carbonyl (C=O) groups is 5. The number of aliphatic carboxylic acids is 1. The van der Waals surface area contributed by atoms with Crippen LogP contribution in [0.4, 0.5) is 4.79 Å². The summed E-state index contributed by atoms with van der Waals surface area (Å²) in [5.41, 5.74) is -0.900. The summed E-state index contributed by atoms with van der Waals surface area (Å²) in [5.74, 6) is -3.81. The molecular weight excluding hydrogens is 406 g/mol. The van der Waals surface area contributed by atoms with Crippen LogP contribution in [-0.2, 0) is 42.9 Å². The Bertz CT molecular complexity index is 684. The van der Waals surface area contributed by atoms with Crippen molar-refractivity contribution in [3.05, 3.63) is 0 Å². The third-order valence-corrected chi connectivity index (χ3v) is 3.67. The van der Waals surface area contributed by atoms with Crippen molar-refractivity contribution in [2.45, 2.75) is 77.6 Å². The number of ether oxygens (including phenoxy) is 5. The van der Waals surface area contributed by atoms with Crippen molar-refractivity contribution in [1.82, 2.24) is 5.32 Å². The number of hydrogen-bond donors (Lipinski definition) is 2. The predicted molar refractivity (Wildman–Crippen MR) is 97.2 cm³/mol. The molecule has 0 aromatic rings. The second-order valence-electron chi connectivity index (χ2n) is 7.56. The van der Waals surface area contributed by atoms with Gasteiger partial charge in [0.15, 0.2) is 18.3 Å². The molecule has 1 rings (SSSR count). The average Bonchev–Trinajstić information content (AvgIpc) is 2.53. The molecule has 1 aliphatic rings. The van der Waals surface area contributed by atoms with Crippen LogP contribution in [0.2, 0.25) is 0 Å². The average molecular weight is 433 g/mol. The molecule has 0 aromatic carbocycles. The Hall–Kier alpha value is -2.89. The van der Waals surface area contributed by atoms with Crippen LogP contribution >= 0.6 is 0 Å². The second kappa shape index (κ2) is 10.2. The van der Waals surface area contributed by atoms with Crippen molar-refractivity contribution in [3.8, 4) is 0 Å². The first kappa shape index (κ1) is 25.1. The maximum Gasteiger partial charge on any atom is 0.408 e. The van der Waals surface area contributed by atoms with Gasteiger partial charge < -0.3 is 34.1 Å². The summed E-state index contributed by atoms with van der Waals surface area (Å²) < 4.78 is 25.8. The molecule has 1 saturated heterocycles. The largest absolute Gasteiger partial charge is 0.479 e. The van der Waals surface area contributed by atoms with Crippen molar-refractivity contribution in [2.75, 3.05) is 6.61 Å². The first-order valence-electron chi connectivity index (χ1n) is 9.07. The lowest BCUT2D eigenvalue weighted by atomic mass is 9.92. The Labute approximate surface area is 173 Å². The van der Waals surface area contributed by atoms with E-state index in [0.717, 1.165) is 20.8 Å². The van der Waals surface area contributed by atoms with Crippen LogP contribution in [0, 0.1) is 0 Å². The molecule has 12 nitrogen and oxygen atoms in total. The Morgan fingerprint density at radius 3 is 1.90 bits per heavy atom. The van der Waals surface area contributed by atoms with Gasteiger partial charge in [-0.05, 0) is 20.8 Å². The van der Waals surface area contributed by atoms with E-state index in [2.05, 4.69) is 5.32 Å². The fourth-order valence-corrected chi connectivity index (χ4v) is 2.75. The maximum atomic E-state index is 12.3. The van der Waals surface area contributed by atoms with Crippen molar-refractivity contribution in [3.63, 3.8) is 0 Å². The van der Waals surface area contributed by atoms with Gasteiger partial charge in [-0.15, -0.1) is 0 Å². The summed E-state index contributed by atoms with van der Waals surface area (Å²) in [6, 6.07) is -1.47. The molecule has 1 heterocycles. The smallest absolute Gasteiger partial charge is 0.408 e. The quantitative estimate of drug-likeness (QED) is 0.433. The number of carboxylic acid groups (broad SMARTS) is 1. The highest BCUT2D eigenvalue weighted by atomic mass is 16.6. The van der Waals surface area contributed by atoms with Crippen LogP contribution in [0.5, 0.6) is 0 Å². The molecule has 30 heavy (non-hydrogen) atoms. The van der Waals surface area contributed by atoms with E-state index >= 15 is 0 Å². The van der Waals surface area contributed by atoms with Gasteiger partial charge in [-0.3, -0.25) is 14.4 Å². The highest BCUT2D eigenvalue weighted by Crippen LogP contribution is 2.27. The van der Waals surface area contributed by atoms with E-state index in [9.17, 15) is 29.1 Å². The topological polar surface area (TPSA) is 164 Å². The molecule has 1 fully saturated rings. The number of rotatable bonds is 6. The third kappa shape index (κ3) is 7.85. The van der Waals surface area contributed by atoms with Gasteiger partial charge in [0.2, 0.25) is 0 Å². The van der Waals surface area contributed by atoms with E-state index in [1.165, 1.54) is 0 Å². The van der Waals surface area contributed by atoms with Gasteiger partial charge in [0, 0.05) is 20.8 Å². The zero-order valence-corrected chi connectivity index (χ0v) is 17.6. The first-order chi connectivity index (χ1) is 13.7. The van der Waals surface area contributed by atoms with Crippen LogP contribution in [0.25, 0.3) is 0 Å². The lowest BCUT2D eigenvalue weighted by Gasteiger charge is -2.43. The Morgan fingerprint density at radius 2 is 1.47 bits per heavy atom. The molecule has 1 aliphatic heterocycles. The van der Waals surface area contributed by atoms with Crippen LogP contribution in [-0.4, -0.2) is 77.7 Å². The van der Waals surface area contributed by atoms with Crippen molar-refractivity contribution in [2.24, 2.45) is 0 Å². The van der Waals surface area contributed by atoms with E-state index in [-0.39, 0.29) is 0 Å². The molecular formula is C18H27NO11. The van der Waals surface area contributed by atoms with Gasteiger partial charge in [0.25, 0.3) is 0 Å². The molecule has 0 bridgehead atoms. The molecule has 0 spiro atoms. The van der Waals surface area contributed by atoms with E-state index < -0.39 is 72.6 Å². The molecule has 0 aromatic heterocycles. The number of hydrogen-bond acceptors (Lipinski definition) is 10. The summed E-state index contributed by atoms with van der Waals surface area (Å²) in [7, 11) is 0. The fourth-order valence-electron chi connectivity index (χ4n) is 2.75. The standard InChI is InChI=1S/C18H27NO11/c1-8(20)26-7-11-13(27-9(2)21)14(28-10(3)22)12(15(29-11)16(23)24)19-17(25)30-18(4,5)6/h11-15H,7H2,1-6H3,(H,19,25)(H,23,24)/t11-,12-,13-,14-,15-/m1/s1. The van der Waals surface area contributed by atoms with Crippen LogP contribution in [0.15, 0.2) is 0 Å². The fraction of sp³-hybridized carbons (Fsp3) is 0.722. The number of nitrogens with one attached hydrogen (secondary N) is 1. The normalized spacial score (nSPS) is 26.1. The SMILES string of the molecule is CC(=O)OC[C@H]1O[C@@H](C(=O)O)[C@H](NC(=O)OC(C)(C)C)[C@@H](OC(C)=O)[C@@H]1OC(C)=O. The van der Waals surface area contributed by atoms with Crippen molar-refractivity contribution in [1.29, 1.82) is 0 Å². The lowest BCUT2D eigenvalue weighted by Crippen LogP contribution is -2.68. The van der Waals surface area contributed by atoms with Gasteiger partial charge in [-0.25, -0.2) is 9.59 Å². The van der Waals surface area contributed by atoms with Crippen LogP contribution in [0.1, 0.15) is 41.5 Å². The minimum atomic E-state index is -1.73. The molecule has 5 atom stereocenters. The zero-order valence-electron chi connectivity index (χ0n) is 17.6. The lowest BCUT2D eigenvalue weighted by molar-refractivity contribution is -0.226.